The van der Waals surface area contributed by atoms with Gasteiger partial charge in [0.15, 0.2) is 0 Å². The summed E-state index contributed by atoms with van der Waals surface area (Å²) in [7, 11) is 0. The van der Waals surface area contributed by atoms with Gasteiger partial charge in [-0.2, -0.15) is 5.10 Å². The minimum atomic E-state index is -0.0928. The fourth-order valence-corrected chi connectivity index (χ4v) is 5.22. The number of aromatic nitrogens is 3. The van der Waals surface area contributed by atoms with Gasteiger partial charge in [0.2, 0.25) is 0 Å². The summed E-state index contributed by atoms with van der Waals surface area (Å²) in [5.74, 6) is 1.46. The Hall–Kier alpha value is -4.63. The maximum absolute atomic E-state index is 13.5. The molecule has 9 heteroatoms. The van der Waals surface area contributed by atoms with E-state index in [0.29, 0.717) is 32.8 Å². The Balaban J connectivity index is 1.24. The summed E-state index contributed by atoms with van der Waals surface area (Å²) in [5, 5.41) is 7.16. The second kappa shape index (κ2) is 16.4. The van der Waals surface area contributed by atoms with Crippen LogP contribution in [0.4, 0.5) is 11.4 Å². The van der Waals surface area contributed by atoms with Gasteiger partial charge in [0.05, 0.1) is 13.2 Å². The molecule has 3 aromatic carbocycles. The Labute approximate surface area is 265 Å². The van der Waals surface area contributed by atoms with Crippen molar-refractivity contribution in [1.29, 1.82) is 0 Å². The first-order valence-electron chi connectivity index (χ1n) is 15.9. The SMILES string of the molecule is CCCCOCCOc1ccc(-c2ccc3c(c2)C=C(C(=O)Nc2ccc(OCCn4cncn4)cc2)CCN3CCC)cc1. The Morgan fingerprint density at radius 1 is 0.844 bits per heavy atom. The average Bonchev–Trinajstić information content (AvgIpc) is 3.52. The van der Waals surface area contributed by atoms with Crippen molar-refractivity contribution in [3.63, 3.8) is 0 Å². The molecule has 0 saturated heterocycles. The summed E-state index contributed by atoms with van der Waals surface area (Å²) in [6.45, 7) is 9.05. The molecular formula is C36H43N5O4. The number of rotatable bonds is 16. The second-order valence-corrected chi connectivity index (χ2v) is 11.0. The molecule has 1 aliphatic heterocycles. The molecule has 0 aliphatic carbocycles. The van der Waals surface area contributed by atoms with Crippen LogP contribution in [0.15, 0.2) is 85.0 Å². The number of carbonyl (C=O) groups excluding carboxylic acids is 1. The molecule has 4 aromatic rings. The minimum Gasteiger partial charge on any atom is -0.492 e. The Kier molecular flexibility index (Phi) is 11.6. The summed E-state index contributed by atoms with van der Waals surface area (Å²) < 4.78 is 19.0. The van der Waals surface area contributed by atoms with Crippen LogP contribution in [0.25, 0.3) is 17.2 Å². The quantitative estimate of drug-likeness (QED) is 0.139. The topological polar surface area (TPSA) is 90.7 Å². The first kappa shape index (κ1) is 31.8. The van der Waals surface area contributed by atoms with E-state index in [4.69, 9.17) is 14.2 Å². The summed E-state index contributed by atoms with van der Waals surface area (Å²) in [6.07, 6.45) is 9.10. The molecule has 9 nitrogen and oxygen atoms in total. The maximum atomic E-state index is 13.5. The summed E-state index contributed by atoms with van der Waals surface area (Å²) in [6, 6.07) is 22.1. The lowest BCUT2D eigenvalue weighted by Crippen LogP contribution is -2.26. The number of hydrogen-bond acceptors (Lipinski definition) is 7. The molecule has 0 spiro atoms. The molecule has 1 N–H and O–H groups in total. The predicted molar refractivity (Wildman–Crippen MR) is 179 cm³/mol. The van der Waals surface area contributed by atoms with Gasteiger partial charge in [0.1, 0.15) is 37.4 Å². The monoisotopic (exact) mass is 609 g/mol. The molecular weight excluding hydrogens is 566 g/mol. The lowest BCUT2D eigenvalue weighted by Gasteiger charge is -2.25. The zero-order valence-electron chi connectivity index (χ0n) is 26.3. The smallest absolute Gasteiger partial charge is 0.251 e. The van der Waals surface area contributed by atoms with Crippen LogP contribution in [0.3, 0.4) is 0 Å². The molecule has 5 rings (SSSR count). The Morgan fingerprint density at radius 2 is 1.60 bits per heavy atom. The van der Waals surface area contributed by atoms with Gasteiger partial charge >= 0.3 is 0 Å². The van der Waals surface area contributed by atoms with Gasteiger partial charge in [-0.25, -0.2) is 9.67 Å². The van der Waals surface area contributed by atoms with Crippen LogP contribution in [0.1, 0.15) is 45.1 Å². The van der Waals surface area contributed by atoms with Crippen molar-refractivity contribution in [2.24, 2.45) is 0 Å². The molecule has 0 saturated carbocycles. The van der Waals surface area contributed by atoms with Crippen LogP contribution >= 0.6 is 0 Å². The highest BCUT2D eigenvalue weighted by Gasteiger charge is 2.20. The third-order valence-corrected chi connectivity index (χ3v) is 7.63. The molecule has 0 unspecified atom stereocenters. The highest BCUT2D eigenvalue weighted by atomic mass is 16.5. The van der Waals surface area contributed by atoms with Crippen molar-refractivity contribution in [3.8, 4) is 22.6 Å². The molecule has 0 fully saturated rings. The van der Waals surface area contributed by atoms with E-state index in [2.05, 4.69) is 64.5 Å². The third-order valence-electron chi connectivity index (χ3n) is 7.63. The van der Waals surface area contributed by atoms with E-state index in [-0.39, 0.29) is 5.91 Å². The van der Waals surface area contributed by atoms with Crippen molar-refractivity contribution >= 4 is 23.4 Å². The van der Waals surface area contributed by atoms with E-state index in [1.165, 1.54) is 6.33 Å². The van der Waals surface area contributed by atoms with Crippen LogP contribution < -0.4 is 19.7 Å². The van der Waals surface area contributed by atoms with E-state index in [1.807, 2.05) is 42.5 Å². The normalized spacial score (nSPS) is 12.7. The van der Waals surface area contributed by atoms with Gasteiger partial charge in [-0.15, -0.1) is 0 Å². The number of fused-ring (bicyclic) bond motifs is 1. The molecule has 0 atom stereocenters. The highest BCUT2D eigenvalue weighted by molar-refractivity contribution is 6.07. The molecule has 1 aromatic heterocycles. The average molecular weight is 610 g/mol. The van der Waals surface area contributed by atoms with Crippen molar-refractivity contribution in [3.05, 3.63) is 90.5 Å². The number of amides is 1. The number of anilines is 2. The predicted octanol–water partition coefficient (Wildman–Crippen LogP) is 6.86. The van der Waals surface area contributed by atoms with Crippen LogP contribution in [-0.2, 0) is 16.1 Å². The Morgan fingerprint density at radius 3 is 2.33 bits per heavy atom. The first-order valence-corrected chi connectivity index (χ1v) is 15.9. The highest BCUT2D eigenvalue weighted by Crippen LogP contribution is 2.33. The third kappa shape index (κ3) is 9.18. The standard InChI is InChI=1S/C36H43N5O4/c1-3-5-20-43-22-23-45-33-11-6-28(7-12-33)29-8-15-35-31(24-29)25-30(16-18-40(35)17-4-2)36(42)39-32-9-13-34(14-10-32)44-21-19-41-27-37-26-38-41/h6-15,24-27H,3-5,16-23H2,1-2H3,(H,39,42). The number of nitrogens with one attached hydrogen (secondary N) is 1. The molecule has 45 heavy (non-hydrogen) atoms. The molecule has 2 heterocycles. The van der Waals surface area contributed by atoms with Crippen LogP contribution in [0, 0.1) is 0 Å². The van der Waals surface area contributed by atoms with E-state index in [0.717, 1.165) is 84.1 Å². The number of nitrogens with zero attached hydrogens (tertiary/aromatic N) is 4. The number of hydrogen-bond donors (Lipinski definition) is 1. The van der Waals surface area contributed by atoms with Crippen LogP contribution in [-0.4, -0.2) is 60.2 Å². The van der Waals surface area contributed by atoms with Crippen molar-refractivity contribution < 1.29 is 19.0 Å². The second-order valence-electron chi connectivity index (χ2n) is 11.0. The number of carbonyl (C=O) groups is 1. The molecule has 1 amide bonds. The number of ether oxygens (including phenoxy) is 3. The van der Waals surface area contributed by atoms with E-state index in [9.17, 15) is 4.79 Å². The van der Waals surface area contributed by atoms with Crippen molar-refractivity contribution in [2.45, 2.75) is 46.1 Å². The largest absolute Gasteiger partial charge is 0.492 e. The zero-order chi connectivity index (χ0) is 31.3. The van der Waals surface area contributed by atoms with Gasteiger partial charge in [-0.05, 0) is 90.6 Å². The van der Waals surface area contributed by atoms with Crippen molar-refractivity contribution in [2.75, 3.05) is 49.7 Å². The van der Waals surface area contributed by atoms with E-state index >= 15 is 0 Å². The van der Waals surface area contributed by atoms with Crippen molar-refractivity contribution in [1.82, 2.24) is 14.8 Å². The van der Waals surface area contributed by atoms with Gasteiger partial charge in [-0.3, -0.25) is 4.79 Å². The summed E-state index contributed by atoms with van der Waals surface area (Å²) in [5.41, 5.74) is 5.87. The van der Waals surface area contributed by atoms with E-state index < -0.39 is 0 Å². The zero-order valence-corrected chi connectivity index (χ0v) is 26.3. The molecule has 1 aliphatic rings. The fraction of sp³-hybridized carbons (Fsp3) is 0.361. The molecule has 0 radical (unpaired) electrons. The van der Waals surface area contributed by atoms with Gasteiger partial charge in [0, 0.05) is 36.6 Å². The van der Waals surface area contributed by atoms with E-state index in [1.54, 1.807) is 11.0 Å². The maximum Gasteiger partial charge on any atom is 0.251 e. The van der Waals surface area contributed by atoms with Gasteiger partial charge in [-0.1, -0.05) is 38.5 Å². The van der Waals surface area contributed by atoms with Gasteiger partial charge < -0.3 is 24.4 Å². The van der Waals surface area contributed by atoms with Crippen LogP contribution in [0.5, 0.6) is 11.5 Å². The number of unbranched alkanes of at least 4 members (excludes halogenated alkanes) is 1. The summed E-state index contributed by atoms with van der Waals surface area (Å²) >= 11 is 0. The first-order chi connectivity index (χ1) is 22.1. The molecule has 0 bridgehead atoms. The number of benzene rings is 3. The molecule has 236 valence electrons. The minimum absolute atomic E-state index is 0.0928. The van der Waals surface area contributed by atoms with Crippen LogP contribution in [0.2, 0.25) is 0 Å². The fourth-order valence-electron chi connectivity index (χ4n) is 5.22. The van der Waals surface area contributed by atoms with Gasteiger partial charge in [0.25, 0.3) is 5.91 Å². The lowest BCUT2D eigenvalue weighted by molar-refractivity contribution is -0.112. The lowest BCUT2D eigenvalue weighted by atomic mass is 10.00. The summed E-state index contributed by atoms with van der Waals surface area (Å²) in [4.78, 5) is 19.8. The Bertz CT molecular complexity index is 1520.